The van der Waals surface area contributed by atoms with Gasteiger partial charge in [0, 0.05) is 38.8 Å². The van der Waals surface area contributed by atoms with Crippen molar-refractivity contribution in [3.8, 4) is 0 Å². The predicted molar refractivity (Wildman–Crippen MR) is 103 cm³/mol. The van der Waals surface area contributed by atoms with Crippen molar-refractivity contribution >= 4 is 35.7 Å². The van der Waals surface area contributed by atoms with E-state index in [0.717, 1.165) is 4.90 Å². The Balaban J connectivity index is 1.86. The van der Waals surface area contributed by atoms with Gasteiger partial charge in [-0.1, -0.05) is 0 Å². The molecule has 0 bridgehead atoms. The fourth-order valence-electron chi connectivity index (χ4n) is 3.19. The number of aliphatic hydroxyl groups excluding tert-OH is 2. The molecular weight excluding hydrogens is 450 g/mol. The summed E-state index contributed by atoms with van der Waals surface area (Å²) in [6, 6.07) is -0.855. The molecule has 5 atom stereocenters. The number of ether oxygens (including phenoxy) is 1. The van der Waals surface area contributed by atoms with Crippen LogP contribution in [0, 0.1) is 0 Å². The number of carboxylic acid groups (broad SMARTS) is 2. The van der Waals surface area contributed by atoms with Gasteiger partial charge in [0.2, 0.25) is 11.8 Å². The highest BCUT2D eigenvalue weighted by atomic mass is 16.6. The maximum absolute atomic E-state index is 12.3. The van der Waals surface area contributed by atoms with Gasteiger partial charge in [0.15, 0.2) is 18.0 Å². The lowest BCUT2D eigenvalue weighted by atomic mass is 10.0. The number of nitrogens with zero attached hydrogens (tertiary/aromatic N) is 1. The van der Waals surface area contributed by atoms with Crippen molar-refractivity contribution < 1.29 is 53.9 Å². The second-order valence-corrected chi connectivity index (χ2v) is 7.48. The molecular formula is C17H25N5O11. The molecule has 0 aromatic heterocycles. The maximum Gasteiger partial charge on any atom is 0.344 e. The topological polar surface area (TPSA) is 258 Å². The number of aliphatic hydroxyl groups is 2. The quantitative estimate of drug-likeness (QED) is 0.139. The molecule has 0 aromatic carbocycles. The number of rotatable bonds is 10. The lowest BCUT2D eigenvalue weighted by Gasteiger charge is -2.32. The number of hydrogen-bond acceptors (Lipinski definition) is 10. The molecule has 2 saturated heterocycles. The van der Waals surface area contributed by atoms with Gasteiger partial charge in [-0.2, -0.15) is 0 Å². The molecule has 0 unspecified atom stereocenters. The Bertz CT molecular complexity index is 836. The van der Waals surface area contributed by atoms with Crippen LogP contribution in [0.5, 0.6) is 0 Å². The highest BCUT2D eigenvalue weighted by Gasteiger charge is 2.50. The smallest absolute Gasteiger partial charge is 0.344 e. The summed E-state index contributed by atoms with van der Waals surface area (Å²) in [7, 11) is 0. The van der Waals surface area contributed by atoms with Gasteiger partial charge in [0.05, 0.1) is 0 Å². The van der Waals surface area contributed by atoms with Crippen LogP contribution in [0.4, 0.5) is 4.79 Å². The van der Waals surface area contributed by atoms with Crippen molar-refractivity contribution in [2.45, 2.75) is 55.9 Å². The van der Waals surface area contributed by atoms with Gasteiger partial charge in [-0.3, -0.25) is 35.1 Å². The molecule has 9 N–H and O–H groups in total. The van der Waals surface area contributed by atoms with Crippen molar-refractivity contribution in [1.82, 2.24) is 20.9 Å². The number of nitrogens with two attached hydrogens (primary N) is 1. The van der Waals surface area contributed by atoms with Crippen LogP contribution in [0.25, 0.3) is 0 Å². The number of carboxylic acids is 2. The van der Waals surface area contributed by atoms with Gasteiger partial charge < -0.3 is 35.8 Å². The van der Waals surface area contributed by atoms with Gasteiger partial charge in [0.25, 0.3) is 5.91 Å². The Hall–Kier alpha value is -3.34. The number of hydrogen-bond donors (Lipinski definition) is 8. The van der Waals surface area contributed by atoms with Crippen LogP contribution in [-0.2, 0) is 28.7 Å². The molecule has 0 saturated carbocycles. The standard InChI is InChI=1S/C17H25N5O11/c18-17(15(30)31,4-1-9(25)26)21-8(24)2-5-19-13(29)12-10(27)11(28)14(33-12)22-6-3-7(23)20-16(22)32/h10-12,14,27-28H,1-6,18H2,(H,19,29)(H,21,24)(H,25,26)(H,30,31)(H,20,23,32)/t10-,11-,12-,14+,17-/m0/s1. The molecule has 0 aliphatic carbocycles. The van der Waals surface area contributed by atoms with Gasteiger partial charge in [0.1, 0.15) is 12.2 Å². The Kier molecular flexibility index (Phi) is 8.26. The van der Waals surface area contributed by atoms with E-state index < -0.39 is 85.2 Å². The first-order valence-corrected chi connectivity index (χ1v) is 9.80. The van der Waals surface area contributed by atoms with Crippen molar-refractivity contribution in [2.24, 2.45) is 5.73 Å². The normalized spacial score (nSPS) is 26.8. The van der Waals surface area contributed by atoms with Gasteiger partial charge in [-0.25, -0.2) is 9.59 Å². The molecule has 33 heavy (non-hydrogen) atoms. The minimum atomic E-state index is -2.32. The Morgan fingerprint density at radius 3 is 2.39 bits per heavy atom. The third-order valence-electron chi connectivity index (χ3n) is 5.02. The Morgan fingerprint density at radius 2 is 1.82 bits per heavy atom. The highest BCUT2D eigenvalue weighted by Crippen LogP contribution is 2.25. The Labute approximate surface area is 186 Å². The fraction of sp³-hybridized carbons (Fsp3) is 0.647. The molecule has 16 nitrogen and oxygen atoms in total. The third kappa shape index (κ3) is 6.35. The third-order valence-corrected chi connectivity index (χ3v) is 5.02. The van der Waals surface area contributed by atoms with E-state index in [4.69, 9.17) is 20.7 Å². The highest BCUT2D eigenvalue weighted by molar-refractivity contribution is 5.96. The summed E-state index contributed by atoms with van der Waals surface area (Å²) in [6.45, 7) is -0.439. The molecule has 2 fully saturated rings. The largest absolute Gasteiger partial charge is 0.481 e. The minimum absolute atomic E-state index is 0.0637. The summed E-state index contributed by atoms with van der Waals surface area (Å²) in [6.07, 6.45) is -8.05. The van der Waals surface area contributed by atoms with E-state index in [1.807, 2.05) is 10.6 Å². The molecule has 2 heterocycles. The number of amides is 5. The summed E-state index contributed by atoms with van der Waals surface area (Å²) in [5, 5.41) is 44.4. The van der Waals surface area contributed by atoms with Crippen molar-refractivity contribution in [3.05, 3.63) is 0 Å². The Morgan fingerprint density at radius 1 is 1.15 bits per heavy atom. The summed E-state index contributed by atoms with van der Waals surface area (Å²) in [5.41, 5.74) is 3.22. The molecule has 16 heteroatoms. The van der Waals surface area contributed by atoms with Crippen molar-refractivity contribution in [2.75, 3.05) is 13.1 Å². The van der Waals surface area contributed by atoms with E-state index in [-0.39, 0.29) is 19.5 Å². The first kappa shape index (κ1) is 25.9. The number of carbonyl (C=O) groups is 6. The molecule has 0 spiro atoms. The van der Waals surface area contributed by atoms with Crippen LogP contribution in [0.2, 0.25) is 0 Å². The zero-order valence-corrected chi connectivity index (χ0v) is 17.2. The zero-order chi connectivity index (χ0) is 24.9. The van der Waals surface area contributed by atoms with Crippen molar-refractivity contribution in [1.29, 1.82) is 0 Å². The first-order chi connectivity index (χ1) is 15.4. The van der Waals surface area contributed by atoms with E-state index in [9.17, 15) is 39.0 Å². The van der Waals surface area contributed by atoms with Crippen LogP contribution in [0.3, 0.4) is 0 Å². The average Bonchev–Trinajstić information content (AvgIpc) is 3.01. The number of nitrogens with one attached hydrogen (secondary N) is 3. The SMILES string of the molecule is N[C@@](CCC(=O)O)(NC(=O)CCNC(=O)[C@H]1O[C@@H](N2CCC(=O)NC2=O)[C@@H](O)[C@@H]1O)C(=O)O. The number of imide groups is 1. The first-order valence-electron chi connectivity index (χ1n) is 9.80. The molecule has 5 amide bonds. The van der Waals surface area contributed by atoms with Crippen LogP contribution in [-0.4, -0.2) is 104 Å². The molecule has 0 aromatic rings. The lowest BCUT2D eigenvalue weighted by Crippen LogP contribution is -2.62. The molecule has 2 rings (SSSR count). The van der Waals surface area contributed by atoms with E-state index in [2.05, 4.69) is 5.32 Å². The van der Waals surface area contributed by atoms with E-state index >= 15 is 0 Å². The molecule has 184 valence electrons. The predicted octanol–water partition coefficient (Wildman–Crippen LogP) is -4.40. The van der Waals surface area contributed by atoms with Crippen LogP contribution < -0.4 is 21.7 Å². The summed E-state index contributed by atoms with van der Waals surface area (Å²) < 4.78 is 5.30. The molecule has 2 aliphatic heterocycles. The summed E-state index contributed by atoms with van der Waals surface area (Å²) >= 11 is 0. The van der Waals surface area contributed by atoms with Crippen LogP contribution in [0.1, 0.15) is 25.7 Å². The van der Waals surface area contributed by atoms with E-state index in [1.54, 1.807) is 0 Å². The number of aliphatic carboxylic acids is 2. The molecule has 2 aliphatic rings. The monoisotopic (exact) mass is 475 g/mol. The fourth-order valence-corrected chi connectivity index (χ4v) is 3.19. The number of carbonyl (C=O) groups excluding carboxylic acids is 4. The summed E-state index contributed by atoms with van der Waals surface area (Å²) in [4.78, 5) is 70.3. The van der Waals surface area contributed by atoms with Crippen LogP contribution in [0.15, 0.2) is 0 Å². The maximum atomic E-state index is 12.3. The number of urea groups is 1. The van der Waals surface area contributed by atoms with Gasteiger partial charge in [-0.15, -0.1) is 0 Å². The minimum Gasteiger partial charge on any atom is -0.481 e. The van der Waals surface area contributed by atoms with Crippen LogP contribution >= 0.6 is 0 Å². The van der Waals surface area contributed by atoms with Gasteiger partial charge >= 0.3 is 18.0 Å². The van der Waals surface area contributed by atoms with E-state index in [1.165, 1.54) is 0 Å². The summed E-state index contributed by atoms with van der Waals surface area (Å²) in [5.74, 6) is -5.30. The van der Waals surface area contributed by atoms with Gasteiger partial charge in [-0.05, 0) is 0 Å². The van der Waals surface area contributed by atoms with Crippen molar-refractivity contribution in [3.63, 3.8) is 0 Å². The van der Waals surface area contributed by atoms with E-state index in [0.29, 0.717) is 0 Å². The second kappa shape index (κ2) is 10.5. The zero-order valence-electron chi connectivity index (χ0n) is 17.2. The second-order valence-electron chi connectivity index (χ2n) is 7.48. The average molecular weight is 475 g/mol. The molecule has 0 radical (unpaired) electrons. The lowest BCUT2D eigenvalue weighted by molar-refractivity contribution is -0.149.